The molecule has 3 N–H and O–H groups in total. The summed E-state index contributed by atoms with van der Waals surface area (Å²) in [5.74, 6) is 0.647. The second-order valence-corrected chi connectivity index (χ2v) is 2.84. The van der Waals surface area contributed by atoms with Crippen LogP contribution in [-0.4, -0.2) is 25.6 Å². The Morgan fingerprint density at radius 3 is 3.00 bits per heavy atom. The van der Waals surface area contributed by atoms with E-state index in [1.165, 1.54) is 0 Å². The fraction of sp³-hybridized carbons (Fsp3) is 0. The number of oxime groups is 1. The zero-order valence-electron chi connectivity index (χ0n) is 7.78. The molecule has 0 aliphatic rings. The van der Waals surface area contributed by atoms with Gasteiger partial charge in [-0.05, 0) is 12.1 Å². The zero-order valence-corrected chi connectivity index (χ0v) is 7.78. The molecule has 6 heteroatoms. The van der Waals surface area contributed by atoms with Crippen molar-refractivity contribution in [2.75, 3.05) is 0 Å². The Hall–Kier alpha value is -2.37. The van der Waals surface area contributed by atoms with Crippen molar-refractivity contribution >= 4 is 5.84 Å². The summed E-state index contributed by atoms with van der Waals surface area (Å²) in [7, 11) is 0. The topological polar surface area (TPSA) is 89.3 Å². The van der Waals surface area contributed by atoms with E-state index in [1.54, 1.807) is 41.5 Å². The summed E-state index contributed by atoms with van der Waals surface area (Å²) in [5, 5.41) is 11.4. The van der Waals surface area contributed by atoms with Gasteiger partial charge in [0.2, 0.25) is 0 Å². The monoisotopic (exact) mass is 203 g/mol. The van der Waals surface area contributed by atoms with Crippen molar-refractivity contribution in [3.8, 4) is 5.82 Å². The highest BCUT2D eigenvalue weighted by atomic mass is 16.4. The smallest absolute Gasteiger partial charge is 0.188 e. The first-order valence-corrected chi connectivity index (χ1v) is 4.24. The van der Waals surface area contributed by atoms with Crippen molar-refractivity contribution in [2.45, 2.75) is 0 Å². The van der Waals surface area contributed by atoms with Gasteiger partial charge in [0, 0.05) is 12.4 Å². The van der Waals surface area contributed by atoms with Crippen LogP contribution in [0.15, 0.2) is 42.1 Å². The second-order valence-electron chi connectivity index (χ2n) is 2.84. The van der Waals surface area contributed by atoms with Crippen LogP contribution in [0.4, 0.5) is 0 Å². The average Bonchev–Trinajstić information content (AvgIpc) is 2.82. The predicted molar refractivity (Wildman–Crippen MR) is 53.9 cm³/mol. The van der Waals surface area contributed by atoms with Crippen LogP contribution >= 0.6 is 0 Å². The quantitative estimate of drug-likeness (QED) is 0.319. The van der Waals surface area contributed by atoms with Gasteiger partial charge in [-0.3, -0.25) is 4.57 Å². The minimum absolute atomic E-state index is 0.0167. The van der Waals surface area contributed by atoms with E-state index < -0.39 is 0 Å². The molecule has 2 aromatic rings. The Kier molecular flexibility index (Phi) is 2.32. The van der Waals surface area contributed by atoms with Gasteiger partial charge in [0.15, 0.2) is 5.84 Å². The van der Waals surface area contributed by atoms with Gasteiger partial charge in [-0.15, -0.1) is 0 Å². The summed E-state index contributed by atoms with van der Waals surface area (Å²) >= 11 is 0. The van der Waals surface area contributed by atoms with Crippen LogP contribution in [0.1, 0.15) is 5.69 Å². The number of imidazole rings is 1. The van der Waals surface area contributed by atoms with E-state index in [4.69, 9.17) is 10.9 Å². The van der Waals surface area contributed by atoms with E-state index in [0.29, 0.717) is 11.5 Å². The third-order valence-electron chi connectivity index (χ3n) is 1.87. The van der Waals surface area contributed by atoms with Crippen molar-refractivity contribution in [1.82, 2.24) is 14.5 Å². The van der Waals surface area contributed by atoms with Crippen LogP contribution in [0.25, 0.3) is 5.82 Å². The van der Waals surface area contributed by atoms with E-state index in [0.717, 1.165) is 0 Å². The molecule has 0 aliphatic carbocycles. The molecule has 0 fully saturated rings. The van der Waals surface area contributed by atoms with Gasteiger partial charge in [-0.2, -0.15) is 0 Å². The van der Waals surface area contributed by atoms with Gasteiger partial charge in [0.25, 0.3) is 0 Å². The molecular weight excluding hydrogens is 194 g/mol. The third-order valence-corrected chi connectivity index (χ3v) is 1.87. The number of hydrogen-bond donors (Lipinski definition) is 2. The lowest BCUT2D eigenvalue weighted by Gasteiger charge is -2.02. The van der Waals surface area contributed by atoms with E-state index in [2.05, 4.69) is 15.1 Å². The van der Waals surface area contributed by atoms with E-state index in [1.807, 2.05) is 0 Å². The molecule has 0 saturated heterocycles. The van der Waals surface area contributed by atoms with E-state index >= 15 is 0 Å². The minimum Gasteiger partial charge on any atom is -0.409 e. The molecule has 0 aromatic carbocycles. The molecule has 2 heterocycles. The number of nitrogens with zero attached hydrogens (tertiary/aromatic N) is 4. The standard InChI is InChI=1S/C9H9N5O/c10-9(13-15)7-2-1-3-8(12-7)14-5-4-11-6-14/h1-6,15H,(H2,10,13). The van der Waals surface area contributed by atoms with Crippen LogP contribution in [-0.2, 0) is 0 Å². The number of amidine groups is 1. The molecule has 15 heavy (non-hydrogen) atoms. The number of pyridine rings is 1. The van der Waals surface area contributed by atoms with Crippen molar-refractivity contribution in [2.24, 2.45) is 10.9 Å². The van der Waals surface area contributed by atoms with Crippen LogP contribution in [0, 0.1) is 0 Å². The highest BCUT2D eigenvalue weighted by molar-refractivity contribution is 5.95. The van der Waals surface area contributed by atoms with Crippen molar-refractivity contribution < 1.29 is 5.21 Å². The molecule has 6 nitrogen and oxygen atoms in total. The summed E-state index contributed by atoms with van der Waals surface area (Å²) in [6, 6.07) is 5.24. The lowest BCUT2D eigenvalue weighted by molar-refractivity contribution is 0.318. The highest BCUT2D eigenvalue weighted by Gasteiger charge is 2.02. The third kappa shape index (κ3) is 1.78. The first-order valence-electron chi connectivity index (χ1n) is 4.24. The summed E-state index contributed by atoms with van der Waals surface area (Å²) in [6.45, 7) is 0. The summed E-state index contributed by atoms with van der Waals surface area (Å²) in [6.07, 6.45) is 5.04. The van der Waals surface area contributed by atoms with Gasteiger partial charge in [-0.25, -0.2) is 9.97 Å². The molecule has 0 bridgehead atoms. The maximum atomic E-state index is 8.51. The van der Waals surface area contributed by atoms with Gasteiger partial charge in [0.1, 0.15) is 17.8 Å². The van der Waals surface area contributed by atoms with Crippen LogP contribution in [0.5, 0.6) is 0 Å². The highest BCUT2D eigenvalue weighted by Crippen LogP contribution is 2.04. The van der Waals surface area contributed by atoms with E-state index in [9.17, 15) is 0 Å². The Labute approximate surface area is 85.7 Å². The van der Waals surface area contributed by atoms with Crippen molar-refractivity contribution in [3.63, 3.8) is 0 Å². The maximum Gasteiger partial charge on any atom is 0.188 e. The zero-order chi connectivity index (χ0) is 10.7. The normalized spacial score (nSPS) is 11.6. The van der Waals surface area contributed by atoms with E-state index in [-0.39, 0.29) is 5.84 Å². The molecule has 0 spiro atoms. The summed E-state index contributed by atoms with van der Waals surface area (Å²) < 4.78 is 1.73. The fourth-order valence-corrected chi connectivity index (χ4v) is 1.16. The molecule has 76 valence electrons. The summed E-state index contributed by atoms with van der Waals surface area (Å²) in [5.41, 5.74) is 5.85. The molecule has 0 radical (unpaired) electrons. The molecule has 0 atom stereocenters. The number of aromatic nitrogens is 3. The fourth-order valence-electron chi connectivity index (χ4n) is 1.16. The van der Waals surface area contributed by atoms with Gasteiger partial charge in [0.05, 0.1) is 0 Å². The SMILES string of the molecule is NC(=NO)c1cccc(-n2ccnc2)n1. The number of rotatable bonds is 2. The Morgan fingerprint density at radius 2 is 2.33 bits per heavy atom. The minimum atomic E-state index is -0.0167. The maximum absolute atomic E-state index is 8.51. The Bertz CT molecular complexity index is 477. The van der Waals surface area contributed by atoms with Crippen LogP contribution in [0.2, 0.25) is 0 Å². The predicted octanol–water partition coefficient (Wildman–Crippen LogP) is 0.362. The van der Waals surface area contributed by atoms with Gasteiger partial charge < -0.3 is 10.9 Å². The number of nitrogens with two attached hydrogens (primary N) is 1. The molecule has 0 amide bonds. The molecule has 0 unspecified atom stereocenters. The van der Waals surface area contributed by atoms with Gasteiger partial charge in [-0.1, -0.05) is 11.2 Å². The average molecular weight is 203 g/mol. The molecule has 2 rings (SSSR count). The Balaban J connectivity index is 2.44. The largest absolute Gasteiger partial charge is 0.409 e. The van der Waals surface area contributed by atoms with Crippen LogP contribution in [0.3, 0.4) is 0 Å². The summed E-state index contributed by atoms with van der Waals surface area (Å²) in [4.78, 5) is 8.10. The van der Waals surface area contributed by atoms with Crippen LogP contribution < -0.4 is 5.73 Å². The molecular formula is C9H9N5O. The Morgan fingerprint density at radius 1 is 1.47 bits per heavy atom. The molecule has 2 aromatic heterocycles. The van der Waals surface area contributed by atoms with Gasteiger partial charge >= 0.3 is 0 Å². The first-order chi connectivity index (χ1) is 7.31. The second kappa shape index (κ2) is 3.79. The lowest BCUT2D eigenvalue weighted by atomic mass is 10.3. The first kappa shape index (κ1) is 9.20. The molecule has 0 saturated carbocycles. The lowest BCUT2D eigenvalue weighted by Crippen LogP contribution is -2.15. The van der Waals surface area contributed by atoms with Crippen molar-refractivity contribution in [3.05, 3.63) is 42.6 Å². The van der Waals surface area contributed by atoms with Crippen molar-refractivity contribution in [1.29, 1.82) is 0 Å². The molecule has 0 aliphatic heterocycles. The number of hydrogen-bond acceptors (Lipinski definition) is 4.